The normalized spacial score (nSPS) is 20.2. The highest BCUT2D eigenvalue weighted by Gasteiger charge is 2.51. The summed E-state index contributed by atoms with van der Waals surface area (Å²) in [7, 11) is 0. The Labute approximate surface area is 210 Å². The molecule has 5 rings (SSSR count). The SMILES string of the molecule is CC1=NOC(c2ccc(-c3ccc(C4(C(=O)O)CC4)cc3)cc2)C1CCOCc1ccc(Cl)cc1. The van der Waals surface area contributed by atoms with Crippen LogP contribution in [0, 0.1) is 5.92 Å². The minimum atomic E-state index is -0.728. The fraction of sp³-hybridized carbons (Fsp3) is 0.310. The second kappa shape index (κ2) is 9.84. The maximum Gasteiger partial charge on any atom is 0.314 e. The summed E-state index contributed by atoms with van der Waals surface area (Å²) in [5.41, 5.74) is 5.52. The minimum absolute atomic E-state index is 0.129. The zero-order valence-corrected chi connectivity index (χ0v) is 20.4. The fourth-order valence-corrected chi connectivity index (χ4v) is 4.86. The lowest BCUT2D eigenvalue weighted by atomic mass is 9.89. The van der Waals surface area contributed by atoms with Crippen LogP contribution >= 0.6 is 11.6 Å². The van der Waals surface area contributed by atoms with Gasteiger partial charge in [-0.15, -0.1) is 0 Å². The topological polar surface area (TPSA) is 68.1 Å². The van der Waals surface area contributed by atoms with Gasteiger partial charge in [-0.1, -0.05) is 77.4 Å². The number of halogens is 1. The van der Waals surface area contributed by atoms with Gasteiger partial charge < -0.3 is 14.7 Å². The number of carboxylic acids is 1. The molecule has 180 valence electrons. The van der Waals surface area contributed by atoms with Gasteiger partial charge in [0.15, 0.2) is 6.10 Å². The van der Waals surface area contributed by atoms with Crippen LogP contribution in [0.5, 0.6) is 0 Å². The third-order valence-electron chi connectivity index (χ3n) is 7.14. The van der Waals surface area contributed by atoms with Crippen LogP contribution in [0.15, 0.2) is 78.0 Å². The van der Waals surface area contributed by atoms with E-state index in [0.717, 1.165) is 45.0 Å². The van der Waals surface area contributed by atoms with E-state index in [1.54, 1.807) is 0 Å². The van der Waals surface area contributed by atoms with Gasteiger partial charge in [0.25, 0.3) is 0 Å². The standard InChI is InChI=1S/C29H28ClNO4/c1-19-26(14-17-34-18-20-2-12-25(30)13-3-20)27(35-31-19)23-6-4-21(5-7-23)22-8-10-24(11-9-22)29(15-16-29)28(32)33/h2-13,26-27H,14-18H2,1H3,(H,32,33). The van der Waals surface area contributed by atoms with E-state index in [4.69, 9.17) is 21.2 Å². The molecule has 35 heavy (non-hydrogen) atoms. The summed E-state index contributed by atoms with van der Waals surface area (Å²) >= 11 is 5.94. The zero-order chi connectivity index (χ0) is 24.4. The van der Waals surface area contributed by atoms with Crippen LogP contribution in [0.4, 0.5) is 0 Å². The van der Waals surface area contributed by atoms with Crippen molar-refractivity contribution in [2.24, 2.45) is 11.1 Å². The van der Waals surface area contributed by atoms with Crippen LogP contribution in [-0.4, -0.2) is 23.4 Å². The average Bonchev–Trinajstić information content (AvgIpc) is 3.62. The zero-order valence-electron chi connectivity index (χ0n) is 19.6. The van der Waals surface area contributed by atoms with E-state index in [0.29, 0.717) is 26.1 Å². The monoisotopic (exact) mass is 489 g/mol. The van der Waals surface area contributed by atoms with E-state index in [1.165, 1.54) is 0 Å². The molecule has 0 bridgehead atoms. The van der Waals surface area contributed by atoms with Gasteiger partial charge >= 0.3 is 5.97 Å². The average molecular weight is 490 g/mol. The molecule has 3 aromatic carbocycles. The molecule has 2 atom stereocenters. The first kappa shape index (κ1) is 23.6. The molecule has 5 nitrogen and oxygen atoms in total. The molecule has 2 unspecified atom stereocenters. The summed E-state index contributed by atoms with van der Waals surface area (Å²) in [6, 6.07) is 23.9. The van der Waals surface area contributed by atoms with Gasteiger partial charge in [-0.2, -0.15) is 0 Å². The Kier molecular flexibility index (Phi) is 6.63. The maximum absolute atomic E-state index is 11.6. The molecule has 2 aliphatic rings. The Hall–Kier alpha value is -3.15. The number of oxime groups is 1. The Morgan fingerprint density at radius 3 is 2.26 bits per heavy atom. The van der Waals surface area contributed by atoms with Gasteiger partial charge in [0, 0.05) is 17.5 Å². The molecule has 1 aliphatic heterocycles. The van der Waals surface area contributed by atoms with E-state index in [2.05, 4.69) is 29.4 Å². The third-order valence-corrected chi connectivity index (χ3v) is 7.39. The molecular weight excluding hydrogens is 462 g/mol. The van der Waals surface area contributed by atoms with Gasteiger partial charge in [0.1, 0.15) is 0 Å². The van der Waals surface area contributed by atoms with Crippen molar-refractivity contribution in [1.29, 1.82) is 0 Å². The number of aliphatic carboxylic acids is 1. The molecule has 1 fully saturated rings. The number of ether oxygens (including phenoxy) is 1. The van der Waals surface area contributed by atoms with Gasteiger partial charge in [0.2, 0.25) is 0 Å². The quantitative estimate of drug-likeness (QED) is 0.336. The molecule has 1 aliphatic carbocycles. The number of carboxylic acid groups (broad SMARTS) is 1. The van der Waals surface area contributed by atoms with Gasteiger partial charge in [-0.3, -0.25) is 4.79 Å². The van der Waals surface area contributed by atoms with E-state index in [1.807, 2.05) is 55.5 Å². The van der Waals surface area contributed by atoms with Crippen molar-refractivity contribution in [2.75, 3.05) is 6.61 Å². The van der Waals surface area contributed by atoms with Crippen molar-refractivity contribution in [1.82, 2.24) is 0 Å². The molecule has 1 heterocycles. The first-order chi connectivity index (χ1) is 17.0. The lowest BCUT2D eigenvalue weighted by Gasteiger charge is -2.19. The van der Waals surface area contributed by atoms with Crippen LogP contribution in [0.3, 0.4) is 0 Å². The molecule has 0 amide bonds. The predicted molar refractivity (Wildman–Crippen MR) is 137 cm³/mol. The molecule has 1 N–H and O–H groups in total. The lowest BCUT2D eigenvalue weighted by Crippen LogP contribution is -2.19. The largest absolute Gasteiger partial charge is 0.481 e. The van der Waals surface area contributed by atoms with Gasteiger partial charge in [-0.05, 0) is 66.1 Å². The molecule has 3 aromatic rings. The highest BCUT2D eigenvalue weighted by molar-refractivity contribution is 6.30. The first-order valence-corrected chi connectivity index (χ1v) is 12.3. The van der Waals surface area contributed by atoms with Gasteiger partial charge in [-0.25, -0.2) is 0 Å². The van der Waals surface area contributed by atoms with E-state index >= 15 is 0 Å². The number of rotatable bonds is 9. The van der Waals surface area contributed by atoms with Crippen molar-refractivity contribution in [3.63, 3.8) is 0 Å². The Morgan fingerprint density at radius 2 is 1.66 bits per heavy atom. The fourth-order valence-electron chi connectivity index (χ4n) is 4.73. The summed E-state index contributed by atoms with van der Waals surface area (Å²) in [6.45, 7) is 3.17. The Morgan fingerprint density at radius 1 is 1.03 bits per heavy atom. The molecule has 6 heteroatoms. The van der Waals surface area contributed by atoms with Crippen molar-refractivity contribution in [2.45, 2.75) is 44.3 Å². The summed E-state index contributed by atoms with van der Waals surface area (Å²) in [5.74, 6) is -0.565. The second-order valence-corrected chi connectivity index (χ2v) is 9.86. The van der Waals surface area contributed by atoms with Crippen LogP contribution in [0.1, 0.15) is 49.0 Å². The van der Waals surface area contributed by atoms with E-state index in [9.17, 15) is 9.90 Å². The smallest absolute Gasteiger partial charge is 0.314 e. The van der Waals surface area contributed by atoms with E-state index < -0.39 is 11.4 Å². The minimum Gasteiger partial charge on any atom is -0.481 e. The predicted octanol–water partition coefficient (Wildman–Crippen LogP) is 6.79. The van der Waals surface area contributed by atoms with Crippen LogP contribution < -0.4 is 0 Å². The van der Waals surface area contributed by atoms with Crippen molar-refractivity contribution < 1.29 is 19.5 Å². The summed E-state index contributed by atoms with van der Waals surface area (Å²) < 4.78 is 5.89. The highest BCUT2D eigenvalue weighted by Crippen LogP contribution is 2.48. The highest BCUT2D eigenvalue weighted by atomic mass is 35.5. The van der Waals surface area contributed by atoms with Crippen molar-refractivity contribution >= 4 is 23.3 Å². The van der Waals surface area contributed by atoms with Crippen molar-refractivity contribution in [3.8, 4) is 11.1 Å². The first-order valence-electron chi connectivity index (χ1n) is 11.9. The van der Waals surface area contributed by atoms with Crippen LogP contribution in [0.2, 0.25) is 5.02 Å². The Bertz CT molecular complexity index is 1220. The molecular formula is C29H28ClNO4. The number of nitrogens with zero attached hydrogens (tertiary/aromatic N) is 1. The number of benzene rings is 3. The van der Waals surface area contributed by atoms with E-state index in [-0.39, 0.29) is 12.0 Å². The second-order valence-electron chi connectivity index (χ2n) is 9.42. The summed E-state index contributed by atoms with van der Waals surface area (Å²) in [6.07, 6.45) is 2.12. The molecule has 0 spiro atoms. The van der Waals surface area contributed by atoms with Crippen molar-refractivity contribution in [3.05, 3.63) is 94.5 Å². The number of hydrogen-bond acceptors (Lipinski definition) is 4. The summed E-state index contributed by atoms with van der Waals surface area (Å²) in [5, 5.41) is 14.5. The van der Waals surface area contributed by atoms with Crippen LogP contribution in [0.25, 0.3) is 11.1 Å². The molecule has 0 saturated heterocycles. The molecule has 0 aromatic heterocycles. The summed E-state index contributed by atoms with van der Waals surface area (Å²) in [4.78, 5) is 17.4. The maximum atomic E-state index is 11.6. The Balaban J connectivity index is 1.20. The lowest BCUT2D eigenvalue weighted by molar-refractivity contribution is -0.140. The molecule has 0 radical (unpaired) electrons. The van der Waals surface area contributed by atoms with Gasteiger partial charge in [0.05, 0.1) is 17.7 Å². The number of hydrogen-bond donors (Lipinski definition) is 1. The third kappa shape index (κ3) is 4.97. The molecule has 1 saturated carbocycles. The number of carbonyl (C=O) groups is 1. The van der Waals surface area contributed by atoms with Crippen LogP contribution in [-0.2, 0) is 26.4 Å².